The Balaban J connectivity index is 1.38. The van der Waals surface area contributed by atoms with Crippen LogP contribution >= 0.6 is 23.8 Å². The number of likely N-dealkylation sites (tertiary alicyclic amines) is 2. The van der Waals surface area contributed by atoms with Gasteiger partial charge in [0.1, 0.15) is 0 Å². The molecule has 27 heavy (non-hydrogen) atoms. The Labute approximate surface area is 169 Å². The van der Waals surface area contributed by atoms with E-state index < -0.39 is 0 Å². The molecule has 0 N–H and O–H groups in total. The second-order valence-electron chi connectivity index (χ2n) is 7.97. The Morgan fingerprint density at radius 1 is 1.26 bits per heavy atom. The highest BCUT2D eigenvalue weighted by Crippen LogP contribution is 2.26. The first-order chi connectivity index (χ1) is 13.0. The number of hydrogen-bond donors (Lipinski definition) is 0. The van der Waals surface area contributed by atoms with E-state index in [0.29, 0.717) is 28.4 Å². The van der Waals surface area contributed by atoms with E-state index in [-0.39, 0.29) is 5.92 Å². The van der Waals surface area contributed by atoms with Crippen molar-refractivity contribution in [2.45, 2.75) is 39.3 Å². The molecule has 0 saturated carbocycles. The van der Waals surface area contributed by atoms with Gasteiger partial charge in [0, 0.05) is 43.2 Å². The average Bonchev–Trinajstić information content (AvgIpc) is 2.96. The third kappa shape index (κ3) is 4.08. The predicted molar refractivity (Wildman–Crippen MR) is 109 cm³/mol. The molecule has 0 radical (unpaired) electrons. The number of amides is 1. The molecule has 2 aliphatic heterocycles. The maximum Gasteiger partial charge on any atom is 0.270 e. The van der Waals surface area contributed by atoms with Gasteiger partial charge in [-0.25, -0.2) is 0 Å². The molecular formula is C20H26ClN3O2S. The van der Waals surface area contributed by atoms with E-state index in [1.807, 2.05) is 16.7 Å². The van der Waals surface area contributed by atoms with E-state index in [2.05, 4.69) is 16.7 Å². The van der Waals surface area contributed by atoms with Crippen molar-refractivity contribution in [2.75, 3.05) is 26.2 Å². The maximum absolute atomic E-state index is 12.8. The van der Waals surface area contributed by atoms with E-state index in [9.17, 15) is 4.79 Å². The zero-order valence-electron chi connectivity index (χ0n) is 15.7. The number of oxazole rings is 1. The molecule has 0 bridgehead atoms. The summed E-state index contributed by atoms with van der Waals surface area (Å²) in [5.74, 6) is 1.16. The predicted octanol–water partition coefficient (Wildman–Crippen LogP) is 4.55. The van der Waals surface area contributed by atoms with Crippen LogP contribution in [-0.2, 0) is 11.5 Å². The number of piperidine rings is 2. The lowest BCUT2D eigenvalue weighted by Gasteiger charge is -2.37. The highest BCUT2D eigenvalue weighted by atomic mass is 35.5. The fourth-order valence-corrected chi connectivity index (χ4v) is 4.75. The Morgan fingerprint density at radius 2 is 2.04 bits per heavy atom. The minimum Gasteiger partial charge on any atom is -0.429 e. The largest absolute Gasteiger partial charge is 0.429 e. The maximum atomic E-state index is 12.8. The molecule has 4 rings (SSSR count). The summed E-state index contributed by atoms with van der Waals surface area (Å²) in [6, 6.07) is 5.60. The summed E-state index contributed by atoms with van der Waals surface area (Å²) in [5, 5.41) is 0.643. The molecule has 3 heterocycles. The van der Waals surface area contributed by atoms with Gasteiger partial charge in [0.2, 0.25) is 5.91 Å². The van der Waals surface area contributed by atoms with E-state index in [0.717, 1.165) is 56.5 Å². The molecule has 146 valence electrons. The zero-order valence-corrected chi connectivity index (χ0v) is 17.3. The smallest absolute Gasteiger partial charge is 0.270 e. The fourth-order valence-electron chi connectivity index (χ4n) is 4.34. The Hall–Kier alpha value is -1.37. The first-order valence-corrected chi connectivity index (χ1v) is 10.6. The standard InChI is InChI=1S/C20H26ClN3O2S/c1-14-3-2-8-23(12-14)19(25)15-6-9-22(10-7-15)13-24-17-5-4-16(21)11-18(17)26-20(24)27/h4-5,11,14-15H,2-3,6-10,12-13H2,1H3. The molecule has 5 nitrogen and oxygen atoms in total. The van der Waals surface area contributed by atoms with Gasteiger partial charge < -0.3 is 9.32 Å². The van der Waals surface area contributed by atoms with Gasteiger partial charge in [0.25, 0.3) is 4.84 Å². The number of aromatic nitrogens is 1. The summed E-state index contributed by atoms with van der Waals surface area (Å²) in [5.41, 5.74) is 1.68. The molecule has 1 amide bonds. The Bertz CT molecular complexity index is 885. The van der Waals surface area contributed by atoms with Crippen LogP contribution in [0.5, 0.6) is 0 Å². The molecule has 1 unspecified atom stereocenters. The number of carbonyl (C=O) groups is 1. The van der Waals surface area contributed by atoms with Gasteiger partial charge in [-0.2, -0.15) is 0 Å². The molecule has 2 fully saturated rings. The fraction of sp³-hybridized carbons (Fsp3) is 0.600. The number of carbonyl (C=O) groups excluding carboxylic acids is 1. The van der Waals surface area contributed by atoms with Gasteiger partial charge >= 0.3 is 0 Å². The normalized spacial score (nSPS) is 22.4. The average molecular weight is 408 g/mol. The van der Waals surface area contributed by atoms with Crippen LogP contribution < -0.4 is 0 Å². The minimum atomic E-state index is 0.166. The first kappa shape index (κ1) is 19.0. The van der Waals surface area contributed by atoms with Crippen molar-refractivity contribution >= 4 is 40.8 Å². The topological polar surface area (TPSA) is 41.6 Å². The highest BCUT2D eigenvalue weighted by molar-refractivity contribution is 7.71. The molecule has 2 aromatic rings. The first-order valence-electron chi connectivity index (χ1n) is 9.81. The lowest BCUT2D eigenvalue weighted by molar-refractivity contribution is -0.139. The summed E-state index contributed by atoms with van der Waals surface area (Å²) in [6.45, 7) is 6.60. The zero-order chi connectivity index (χ0) is 19.0. The molecule has 1 atom stereocenters. The highest BCUT2D eigenvalue weighted by Gasteiger charge is 2.30. The summed E-state index contributed by atoms with van der Waals surface area (Å²) in [4.78, 5) is 17.8. The molecule has 1 aromatic heterocycles. The molecule has 2 aliphatic rings. The van der Waals surface area contributed by atoms with Crippen molar-refractivity contribution in [1.29, 1.82) is 0 Å². The van der Waals surface area contributed by atoms with Crippen molar-refractivity contribution in [2.24, 2.45) is 11.8 Å². The number of fused-ring (bicyclic) bond motifs is 1. The number of halogens is 1. The van der Waals surface area contributed by atoms with Crippen molar-refractivity contribution < 1.29 is 9.21 Å². The van der Waals surface area contributed by atoms with Crippen LogP contribution in [0.3, 0.4) is 0 Å². The van der Waals surface area contributed by atoms with Gasteiger partial charge in [-0.1, -0.05) is 18.5 Å². The van der Waals surface area contributed by atoms with Gasteiger partial charge in [-0.3, -0.25) is 14.3 Å². The van der Waals surface area contributed by atoms with Gasteiger partial charge in [-0.15, -0.1) is 0 Å². The van der Waals surface area contributed by atoms with E-state index in [4.69, 9.17) is 28.2 Å². The van der Waals surface area contributed by atoms with Crippen LogP contribution in [-0.4, -0.2) is 46.5 Å². The van der Waals surface area contributed by atoms with E-state index in [1.165, 1.54) is 6.42 Å². The van der Waals surface area contributed by atoms with Crippen molar-refractivity contribution in [1.82, 2.24) is 14.4 Å². The number of hydrogen-bond acceptors (Lipinski definition) is 4. The van der Waals surface area contributed by atoms with Crippen molar-refractivity contribution in [3.63, 3.8) is 0 Å². The van der Waals surface area contributed by atoms with Gasteiger partial charge in [0.05, 0.1) is 12.2 Å². The number of rotatable bonds is 3. The quantitative estimate of drug-likeness (QED) is 0.700. The van der Waals surface area contributed by atoms with Crippen LogP contribution in [0.1, 0.15) is 32.6 Å². The van der Waals surface area contributed by atoms with Crippen LogP contribution in [0.15, 0.2) is 22.6 Å². The van der Waals surface area contributed by atoms with Gasteiger partial charge in [-0.05, 0) is 56.0 Å². The number of nitrogens with zero attached hydrogens (tertiary/aromatic N) is 3. The van der Waals surface area contributed by atoms with Crippen LogP contribution in [0.25, 0.3) is 11.1 Å². The lowest BCUT2D eigenvalue weighted by atomic mass is 9.93. The molecule has 0 spiro atoms. The molecule has 1 aromatic carbocycles. The third-order valence-corrected chi connectivity index (χ3v) is 6.42. The molecule has 2 saturated heterocycles. The van der Waals surface area contributed by atoms with Crippen molar-refractivity contribution in [3.8, 4) is 0 Å². The molecular weight excluding hydrogens is 382 g/mol. The summed E-state index contributed by atoms with van der Waals surface area (Å²) in [6.07, 6.45) is 4.21. The third-order valence-electron chi connectivity index (χ3n) is 5.88. The van der Waals surface area contributed by atoms with E-state index in [1.54, 1.807) is 6.07 Å². The van der Waals surface area contributed by atoms with Crippen molar-refractivity contribution in [3.05, 3.63) is 28.1 Å². The summed E-state index contributed by atoms with van der Waals surface area (Å²) < 4.78 is 7.69. The lowest BCUT2D eigenvalue weighted by Crippen LogP contribution is -2.46. The second kappa shape index (κ2) is 7.94. The van der Waals surface area contributed by atoms with Crippen LogP contribution in [0.4, 0.5) is 0 Å². The Kier molecular flexibility index (Phi) is 5.58. The second-order valence-corrected chi connectivity index (χ2v) is 8.76. The minimum absolute atomic E-state index is 0.166. The van der Waals surface area contributed by atoms with E-state index >= 15 is 0 Å². The summed E-state index contributed by atoms with van der Waals surface area (Å²) in [7, 11) is 0. The van der Waals surface area contributed by atoms with Gasteiger partial charge in [0.15, 0.2) is 5.58 Å². The van der Waals surface area contributed by atoms with Crippen LogP contribution in [0.2, 0.25) is 5.02 Å². The SMILES string of the molecule is CC1CCCN(C(=O)C2CCN(Cn3c(=S)oc4cc(Cl)ccc43)CC2)C1. The van der Waals surface area contributed by atoms with Crippen LogP contribution in [0, 0.1) is 16.7 Å². The monoisotopic (exact) mass is 407 g/mol. The number of benzene rings is 1. The Morgan fingerprint density at radius 3 is 2.78 bits per heavy atom. The molecule has 0 aliphatic carbocycles. The molecule has 7 heteroatoms. The summed E-state index contributed by atoms with van der Waals surface area (Å²) >= 11 is 11.4.